The normalized spacial score (nSPS) is 11.1. The van der Waals surface area contributed by atoms with Gasteiger partial charge in [0.1, 0.15) is 22.4 Å². The molecule has 0 bridgehead atoms. The third-order valence-electron chi connectivity index (χ3n) is 4.66. The van der Waals surface area contributed by atoms with Crippen LogP contribution in [-0.2, 0) is 0 Å². The molecule has 0 spiro atoms. The molecule has 0 fully saturated rings. The first-order chi connectivity index (χ1) is 14.6. The Morgan fingerprint density at radius 3 is 2.50 bits per heavy atom. The monoisotopic (exact) mass is 398 g/mol. The van der Waals surface area contributed by atoms with Gasteiger partial charge in [0.05, 0.1) is 5.56 Å². The van der Waals surface area contributed by atoms with Crippen LogP contribution in [0.15, 0.2) is 86.4 Å². The lowest BCUT2D eigenvalue weighted by atomic mass is 10.1. The van der Waals surface area contributed by atoms with Gasteiger partial charge in [-0.2, -0.15) is 0 Å². The third-order valence-corrected chi connectivity index (χ3v) is 4.66. The lowest BCUT2D eigenvalue weighted by molar-refractivity contribution is 0.102. The van der Waals surface area contributed by atoms with Crippen LogP contribution in [0.4, 0.5) is 5.69 Å². The summed E-state index contributed by atoms with van der Waals surface area (Å²) in [6, 6.07) is 20.1. The molecule has 0 aliphatic heterocycles. The van der Waals surface area contributed by atoms with Gasteiger partial charge in [0.25, 0.3) is 5.91 Å². The molecule has 0 radical (unpaired) electrons. The molecule has 30 heavy (non-hydrogen) atoms. The maximum absolute atomic E-state index is 12.7. The molecule has 5 aromatic rings. The molecule has 0 saturated heterocycles. The molecule has 146 valence electrons. The quantitative estimate of drug-likeness (QED) is 0.341. The molecular formula is C23H14N2O5. The fraction of sp³-hybridized carbons (Fsp3) is 0. The molecule has 0 aliphatic rings. The smallest absolute Gasteiger partial charge is 0.349 e. The number of nitrogens with one attached hydrogen (secondary N) is 1. The standard InChI is InChI=1S/C23H14N2O5/c26-18-10-9-14(12-15(18)22-25-17-6-2-4-8-20(17)29-22)24-21(27)16-11-13-5-1-3-7-19(13)30-23(16)28/h1-12,26H,(H,24,27). The molecular weight excluding hydrogens is 384 g/mol. The largest absolute Gasteiger partial charge is 0.507 e. The van der Waals surface area contributed by atoms with Gasteiger partial charge in [-0.3, -0.25) is 4.79 Å². The van der Waals surface area contributed by atoms with E-state index in [1.165, 1.54) is 24.3 Å². The summed E-state index contributed by atoms with van der Waals surface area (Å²) in [5.74, 6) is -0.455. The summed E-state index contributed by atoms with van der Waals surface area (Å²) in [5.41, 5.74) is 1.46. The molecule has 2 N–H and O–H groups in total. The Labute approximate surface area is 169 Å². The number of aromatic nitrogens is 1. The van der Waals surface area contributed by atoms with Crippen molar-refractivity contribution in [3.8, 4) is 17.2 Å². The first kappa shape index (κ1) is 17.7. The van der Waals surface area contributed by atoms with Gasteiger partial charge in [-0.05, 0) is 42.5 Å². The number of benzene rings is 3. The van der Waals surface area contributed by atoms with Crippen molar-refractivity contribution < 1.29 is 18.7 Å². The minimum absolute atomic E-state index is 0.0511. The predicted molar refractivity (Wildman–Crippen MR) is 112 cm³/mol. The second-order valence-electron chi connectivity index (χ2n) is 6.66. The fourth-order valence-electron chi connectivity index (χ4n) is 3.19. The molecule has 0 unspecified atom stereocenters. The van der Waals surface area contributed by atoms with E-state index in [-0.39, 0.29) is 17.2 Å². The van der Waals surface area contributed by atoms with Gasteiger partial charge in [-0.15, -0.1) is 0 Å². The number of para-hydroxylation sites is 3. The summed E-state index contributed by atoms with van der Waals surface area (Å²) in [6.07, 6.45) is 0. The first-order valence-electron chi connectivity index (χ1n) is 9.12. The van der Waals surface area contributed by atoms with Crippen molar-refractivity contribution in [1.29, 1.82) is 0 Å². The molecule has 1 amide bonds. The van der Waals surface area contributed by atoms with E-state index < -0.39 is 11.5 Å². The summed E-state index contributed by atoms with van der Waals surface area (Å²) in [4.78, 5) is 29.3. The Balaban J connectivity index is 1.49. The molecule has 2 heterocycles. The van der Waals surface area contributed by atoms with Gasteiger partial charge >= 0.3 is 5.63 Å². The second-order valence-corrected chi connectivity index (χ2v) is 6.66. The molecule has 0 aliphatic carbocycles. The molecule has 5 rings (SSSR count). The van der Waals surface area contributed by atoms with E-state index in [0.717, 1.165) is 0 Å². The Kier molecular flexibility index (Phi) is 4.07. The van der Waals surface area contributed by atoms with Gasteiger partial charge in [-0.1, -0.05) is 30.3 Å². The van der Waals surface area contributed by atoms with E-state index in [1.54, 1.807) is 36.4 Å². The predicted octanol–water partition coefficient (Wildman–Crippen LogP) is 4.56. The van der Waals surface area contributed by atoms with E-state index >= 15 is 0 Å². The van der Waals surface area contributed by atoms with Crippen molar-refractivity contribution in [2.75, 3.05) is 5.32 Å². The highest BCUT2D eigenvalue weighted by Crippen LogP contribution is 2.33. The summed E-state index contributed by atoms with van der Waals surface area (Å²) in [7, 11) is 0. The van der Waals surface area contributed by atoms with Crippen LogP contribution in [0.3, 0.4) is 0 Å². The number of amides is 1. The number of hydrogen-bond acceptors (Lipinski definition) is 6. The Morgan fingerprint density at radius 2 is 1.67 bits per heavy atom. The van der Waals surface area contributed by atoms with Gasteiger partial charge in [0, 0.05) is 11.1 Å². The molecule has 2 aromatic heterocycles. The Morgan fingerprint density at radius 1 is 0.900 bits per heavy atom. The summed E-state index contributed by atoms with van der Waals surface area (Å²) in [5, 5.41) is 13.5. The first-order valence-corrected chi connectivity index (χ1v) is 9.12. The summed E-state index contributed by atoms with van der Waals surface area (Å²) < 4.78 is 10.9. The van der Waals surface area contributed by atoms with Gasteiger partial charge in [-0.25, -0.2) is 9.78 Å². The second kappa shape index (κ2) is 6.89. The van der Waals surface area contributed by atoms with Crippen LogP contribution < -0.4 is 10.9 Å². The number of phenols is 1. The zero-order chi connectivity index (χ0) is 20.7. The molecule has 0 saturated carbocycles. The number of rotatable bonds is 3. The van der Waals surface area contributed by atoms with E-state index in [2.05, 4.69) is 10.3 Å². The van der Waals surface area contributed by atoms with Crippen LogP contribution in [0, 0.1) is 0 Å². The number of carbonyl (C=O) groups is 1. The average Bonchev–Trinajstić information content (AvgIpc) is 3.18. The zero-order valence-corrected chi connectivity index (χ0v) is 15.5. The number of phenolic OH excluding ortho intramolecular Hbond substituents is 1. The highest BCUT2D eigenvalue weighted by atomic mass is 16.4. The molecule has 7 heteroatoms. The van der Waals surface area contributed by atoms with Crippen LogP contribution in [0.25, 0.3) is 33.5 Å². The minimum atomic E-state index is -0.732. The number of hydrogen-bond donors (Lipinski definition) is 2. The number of oxazole rings is 1. The number of anilines is 1. The maximum atomic E-state index is 12.7. The van der Waals surface area contributed by atoms with E-state index in [9.17, 15) is 14.7 Å². The van der Waals surface area contributed by atoms with Crippen LogP contribution >= 0.6 is 0 Å². The van der Waals surface area contributed by atoms with Crippen LogP contribution in [0.2, 0.25) is 0 Å². The third kappa shape index (κ3) is 3.08. The SMILES string of the molecule is O=C(Nc1ccc(O)c(-c2nc3ccccc3o2)c1)c1cc2ccccc2oc1=O. The number of fused-ring (bicyclic) bond motifs is 2. The van der Waals surface area contributed by atoms with Crippen molar-refractivity contribution in [2.24, 2.45) is 0 Å². The lowest BCUT2D eigenvalue weighted by Crippen LogP contribution is -2.20. The topological polar surface area (TPSA) is 106 Å². The molecule has 7 nitrogen and oxygen atoms in total. The van der Waals surface area contributed by atoms with Crippen LogP contribution in [0.5, 0.6) is 5.75 Å². The van der Waals surface area contributed by atoms with Crippen LogP contribution in [-0.4, -0.2) is 16.0 Å². The van der Waals surface area contributed by atoms with Crippen LogP contribution in [0.1, 0.15) is 10.4 Å². The number of aromatic hydroxyl groups is 1. The highest BCUT2D eigenvalue weighted by Gasteiger charge is 2.17. The van der Waals surface area contributed by atoms with Crippen molar-refractivity contribution in [3.05, 3.63) is 88.8 Å². The number of carbonyl (C=O) groups excluding carboxylic acids is 1. The van der Waals surface area contributed by atoms with Crippen molar-refractivity contribution >= 4 is 33.7 Å². The summed E-state index contributed by atoms with van der Waals surface area (Å²) >= 11 is 0. The number of nitrogens with zero attached hydrogens (tertiary/aromatic N) is 1. The minimum Gasteiger partial charge on any atom is -0.507 e. The Bertz CT molecular complexity index is 1450. The van der Waals surface area contributed by atoms with Crippen molar-refractivity contribution in [2.45, 2.75) is 0 Å². The molecule has 0 atom stereocenters. The van der Waals surface area contributed by atoms with Crippen molar-refractivity contribution in [1.82, 2.24) is 4.98 Å². The highest BCUT2D eigenvalue weighted by molar-refractivity contribution is 6.05. The van der Waals surface area contributed by atoms with Gasteiger partial charge < -0.3 is 19.3 Å². The average molecular weight is 398 g/mol. The fourth-order valence-corrected chi connectivity index (χ4v) is 3.19. The van der Waals surface area contributed by atoms with Gasteiger partial charge in [0.2, 0.25) is 5.89 Å². The van der Waals surface area contributed by atoms with Crippen molar-refractivity contribution in [3.63, 3.8) is 0 Å². The summed E-state index contributed by atoms with van der Waals surface area (Å²) in [6.45, 7) is 0. The van der Waals surface area contributed by atoms with Gasteiger partial charge in [0.15, 0.2) is 5.58 Å². The van der Waals surface area contributed by atoms with E-state index in [0.29, 0.717) is 33.3 Å². The zero-order valence-electron chi connectivity index (χ0n) is 15.5. The molecule has 3 aromatic carbocycles. The maximum Gasteiger partial charge on any atom is 0.349 e. The van der Waals surface area contributed by atoms with E-state index in [4.69, 9.17) is 8.83 Å². The van der Waals surface area contributed by atoms with E-state index in [1.807, 2.05) is 12.1 Å². The Hall–Kier alpha value is -4.39. The lowest BCUT2D eigenvalue weighted by Gasteiger charge is -2.07.